The SMILES string of the molecule is Cc1c(Nc2cccc(-c3ccccc3)c2)nc2ccc(F)cc2c1C(=O)[O-]. The van der Waals surface area contributed by atoms with Crippen LogP contribution in [0, 0.1) is 12.7 Å². The van der Waals surface area contributed by atoms with Gasteiger partial charge in [-0.05, 0) is 48.4 Å². The maximum Gasteiger partial charge on any atom is 0.134 e. The van der Waals surface area contributed by atoms with Gasteiger partial charge in [-0.1, -0.05) is 42.5 Å². The quantitative estimate of drug-likeness (QED) is 0.575. The normalized spacial score (nSPS) is 10.8. The van der Waals surface area contributed by atoms with Gasteiger partial charge in [0.1, 0.15) is 11.6 Å². The number of aromatic carboxylic acids is 1. The molecule has 0 spiro atoms. The number of aromatic nitrogens is 1. The number of benzene rings is 3. The number of halogens is 1. The number of hydrogen-bond donors (Lipinski definition) is 1. The first-order valence-electron chi connectivity index (χ1n) is 8.76. The first-order chi connectivity index (χ1) is 13.5. The molecular formula is C23H16FN2O2-. The number of fused-ring (bicyclic) bond motifs is 1. The van der Waals surface area contributed by atoms with E-state index in [2.05, 4.69) is 10.3 Å². The molecule has 138 valence electrons. The van der Waals surface area contributed by atoms with Gasteiger partial charge in [0.15, 0.2) is 0 Å². The monoisotopic (exact) mass is 371 g/mol. The molecule has 5 heteroatoms. The average molecular weight is 371 g/mol. The first-order valence-corrected chi connectivity index (χ1v) is 8.76. The number of carboxylic acid groups (broad SMARTS) is 1. The van der Waals surface area contributed by atoms with Gasteiger partial charge in [-0.25, -0.2) is 9.37 Å². The molecule has 1 aromatic heterocycles. The Balaban J connectivity index is 1.80. The van der Waals surface area contributed by atoms with Gasteiger partial charge in [0.25, 0.3) is 0 Å². The van der Waals surface area contributed by atoms with Crippen LogP contribution in [0.3, 0.4) is 0 Å². The van der Waals surface area contributed by atoms with Crippen molar-refractivity contribution in [1.82, 2.24) is 4.98 Å². The summed E-state index contributed by atoms with van der Waals surface area (Å²) in [4.78, 5) is 16.2. The number of rotatable bonds is 4. The molecule has 0 saturated heterocycles. The predicted octanol–water partition coefficient (Wildman–Crippen LogP) is 4.46. The van der Waals surface area contributed by atoms with Crippen molar-refractivity contribution in [3.8, 4) is 11.1 Å². The zero-order valence-corrected chi connectivity index (χ0v) is 15.1. The molecule has 1 heterocycles. The van der Waals surface area contributed by atoms with Crippen LogP contribution < -0.4 is 10.4 Å². The molecule has 4 nitrogen and oxygen atoms in total. The molecule has 0 aliphatic rings. The number of carbonyl (C=O) groups excluding carboxylic acids is 1. The van der Waals surface area contributed by atoms with Gasteiger partial charge in [-0.3, -0.25) is 0 Å². The topological polar surface area (TPSA) is 65.0 Å². The molecule has 0 amide bonds. The Kier molecular flexibility index (Phi) is 4.49. The largest absolute Gasteiger partial charge is 0.545 e. The smallest absolute Gasteiger partial charge is 0.134 e. The molecule has 4 rings (SSSR count). The van der Waals surface area contributed by atoms with Gasteiger partial charge in [-0.2, -0.15) is 0 Å². The molecule has 0 unspecified atom stereocenters. The lowest BCUT2D eigenvalue weighted by atomic mass is 10.0. The second kappa shape index (κ2) is 7.12. The van der Waals surface area contributed by atoms with Crippen molar-refractivity contribution in [2.75, 3.05) is 5.32 Å². The summed E-state index contributed by atoms with van der Waals surface area (Å²) in [5, 5.41) is 15.1. The van der Waals surface area contributed by atoms with E-state index in [1.54, 1.807) is 6.92 Å². The second-order valence-electron chi connectivity index (χ2n) is 6.48. The zero-order valence-electron chi connectivity index (χ0n) is 15.1. The number of nitrogens with one attached hydrogen (secondary N) is 1. The van der Waals surface area contributed by atoms with Crippen LogP contribution in [0.25, 0.3) is 22.0 Å². The first kappa shape index (κ1) is 17.7. The van der Waals surface area contributed by atoms with Crippen LogP contribution in [0.1, 0.15) is 15.9 Å². The fourth-order valence-electron chi connectivity index (χ4n) is 3.26. The Labute approximate surface area is 161 Å². The highest BCUT2D eigenvalue weighted by Gasteiger charge is 2.14. The van der Waals surface area contributed by atoms with Crippen LogP contribution in [0.5, 0.6) is 0 Å². The molecule has 0 fully saturated rings. The van der Waals surface area contributed by atoms with E-state index in [4.69, 9.17) is 0 Å². The number of nitrogens with zero attached hydrogens (tertiary/aromatic N) is 1. The van der Waals surface area contributed by atoms with Gasteiger partial charge in [-0.15, -0.1) is 0 Å². The molecule has 3 aromatic carbocycles. The highest BCUT2D eigenvalue weighted by molar-refractivity contribution is 6.04. The molecule has 0 aliphatic heterocycles. The minimum Gasteiger partial charge on any atom is -0.545 e. The molecule has 1 N–H and O–H groups in total. The standard InChI is InChI=1S/C23H17FN2O2/c1-14-21(23(27)28)19-13-17(24)10-11-20(19)26-22(14)25-18-9-5-8-16(12-18)15-6-3-2-4-7-15/h2-13H,1H3,(H,25,26)(H,27,28)/p-1. The Morgan fingerprint density at radius 3 is 2.46 bits per heavy atom. The van der Waals surface area contributed by atoms with Crippen LogP contribution in [-0.4, -0.2) is 11.0 Å². The number of pyridine rings is 1. The lowest BCUT2D eigenvalue weighted by Crippen LogP contribution is -2.24. The zero-order chi connectivity index (χ0) is 19.7. The molecule has 0 atom stereocenters. The van der Waals surface area contributed by atoms with E-state index < -0.39 is 11.8 Å². The van der Waals surface area contributed by atoms with E-state index in [-0.39, 0.29) is 10.9 Å². The summed E-state index contributed by atoms with van der Waals surface area (Å²) in [6.45, 7) is 1.63. The van der Waals surface area contributed by atoms with Gasteiger partial charge >= 0.3 is 0 Å². The molecule has 0 saturated carbocycles. The fraction of sp³-hybridized carbons (Fsp3) is 0.0435. The van der Waals surface area contributed by atoms with E-state index in [1.165, 1.54) is 18.2 Å². The molecule has 4 aromatic rings. The fourth-order valence-corrected chi connectivity index (χ4v) is 3.26. The highest BCUT2D eigenvalue weighted by Crippen LogP contribution is 2.30. The van der Waals surface area contributed by atoms with Crippen LogP contribution in [0.4, 0.5) is 15.9 Å². The third kappa shape index (κ3) is 3.30. The van der Waals surface area contributed by atoms with Crippen molar-refractivity contribution < 1.29 is 14.3 Å². The maximum absolute atomic E-state index is 13.6. The summed E-state index contributed by atoms with van der Waals surface area (Å²) in [5.41, 5.74) is 3.57. The minimum absolute atomic E-state index is 0.0637. The van der Waals surface area contributed by atoms with Crippen molar-refractivity contribution in [2.24, 2.45) is 0 Å². The predicted molar refractivity (Wildman–Crippen MR) is 106 cm³/mol. The summed E-state index contributed by atoms with van der Waals surface area (Å²) in [6, 6.07) is 21.6. The van der Waals surface area contributed by atoms with Gasteiger partial charge in [0.05, 0.1) is 11.5 Å². The molecule has 0 aliphatic carbocycles. The van der Waals surface area contributed by atoms with Crippen molar-refractivity contribution in [3.63, 3.8) is 0 Å². The lowest BCUT2D eigenvalue weighted by molar-refractivity contribution is -0.254. The van der Waals surface area contributed by atoms with Crippen molar-refractivity contribution in [3.05, 3.63) is 89.7 Å². The van der Waals surface area contributed by atoms with Crippen molar-refractivity contribution >= 4 is 28.4 Å². The molecule has 28 heavy (non-hydrogen) atoms. The Hall–Kier alpha value is -3.73. The van der Waals surface area contributed by atoms with Crippen LogP contribution in [0.15, 0.2) is 72.8 Å². The third-order valence-electron chi connectivity index (χ3n) is 4.63. The molecular weight excluding hydrogens is 355 g/mol. The Morgan fingerprint density at radius 2 is 1.71 bits per heavy atom. The summed E-state index contributed by atoms with van der Waals surface area (Å²) in [7, 11) is 0. The molecule has 0 radical (unpaired) electrons. The number of anilines is 2. The lowest BCUT2D eigenvalue weighted by Gasteiger charge is -2.17. The Bertz CT molecular complexity index is 1190. The number of carbonyl (C=O) groups is 1. The van der Waals surface area contributed by atoms with E-state index in [1.807, 2.05) is 54.6 Å². The minimum atomic E-state index is -1.36. The molecule has 0 bridgehead atoms. The van der Waals surface area contributed by atoms with Gasteiger partial charge in [0, 0.05) is 22.2 Å². The maximum atomic E-state index is 13.6. The van der Waals surface area contributed by atoms with E-state index >= 15 is 0 Å². The van der Waals surface area contributed by atoms with Gasteiger partial charge < -0.3 is 15.2 Å². The van der Waals surface area contributed by atoms with Crippen LogP contribution >= 0.6 is 0 Å². The van der Waals surface area contributed by atoms with Crippen molar-refractivity contribution in [1.29, 1.82) is 0 Å². The summed E-state index contributed by atoms with van der Waals surface area (Å²) >= 11 is 0. The van der Waals surface area contributed by atoms with Crippen molar-refractivity contribution in [2.45, 2.75) is 6.92 Å². The van der Waals surface area contributed by atoms with E-state index in [0.29, 0.717) is 16.9 Å². The second-order valence-corrected chi connectivity index (χ2v) is 6.48. The van der Waals surface area contributed by atoms with Crippen LogP contribution in [0.2, 0.25) is 0 Å². The number of carboxylic acids is 1. The third-order valence-corrected chi connectivity index (χ3v) is 4.63. The summed E-state index contributed by atoms with van der Waals surface area (Å²) in [6.07, 6.45) is 0. The summed E-state index contributed by atoms with van der Waals surface area (Å²) < 4.78 is 13.6. The van der Waals surface area contributed by atoms with E-state index in [9.17, 15) is 14.3 Å². The van der Waals surface area contributed by atoms with Gasteiger partial charge in [0.2, 0.25) is 0 Å². The van der Waals surface area contributed by atoms with Crippen LogP contribution in [-0.2, 0) is 0 Å². The Morgan fingerprint density at radius 1 is 0.964 bits per heavy atom. The average Bonchev–Trinajstić information content (AvgIpc) is 2.69. The summed E-state index contributed by atoms with van der Waals surface area (Å²) in [5.74, 6) is -1.49. The number of hydrogen-bond acceptors (Lipinski definition) is 4. The highest BCUT2D eigenvalue weighted by atomic mass is 19.1. The van der Waals surface area contributed by atoms with E-state index in [0.717, 1.165) is 16.8 Å².